The summed E-state index contributed by atoms with van der Waals surface area (Å²) in [6.45, 7) is 8.86. The second-order valence-corrected chi connectivity index (χ2v) is 15.5. The number of ether oxygens (including phenoxy) is 1. The van der Waals surface area contributed by atoms with E-state index in [0.717, 1.165) is 55.4 Å². The van der Waals surface area contributed by atoms with Gasteiger partial charge >= 0.3 is 5.97 Å². The summed E-state index contributed by atoms with van der Waals surface area (Å²) in [6.07, 6.45) is 12.6. The van der Waals surface area contributed by atoms with E-state index in [2.05, 4.69) is 86.3 Å². The molecule has 0 radical (unpaired) electrons. The average molecular weight is 728 g/mol. The monoisotopic (exact) mass is 727 g/mol. The number of nitrogens with zero attached hydrogens (tertiary/aromatic N) is 3. The van der Waals surface area contributed by atoms with Crippen LogP contribution in [0.25, 0.3) is 31.8 Å². The third kappa shape index (κ3) is 9.64. The van der Waals surface area contributed by atoms with E-state index in [9.17, 15) is 4.79 Å². The van der Waals surface area contributed by atoms with E-state index in [1.54, 1.807) is 34.8 Å². The van der Waals surface area contributed by atoms with Crippen LogP contribution >= 0.6 is 22.7 Å². The number of anilines is 1. The largest absolute Gasteiger partial charge is 0.423 e. The Kier molecular flexibility index (Phi) is 13.4. The predicted octanol–water partition coefficient (Wildman–Crippen LogP) is 14.2. The minimum absolute atomic E-state index is 0.370. The first kappa shape index (κ1) is 37.2. The molecule has 0 unspecified atom stereocenters. The lowest BCUT2D eigenvalue weighted by Gasteiger charge is -2.26. The van der Waals surface area contributed by atoms with Gasteiger partial charge in [0.15, 0.2) is 0 Å². The van der Waals surface area contributed by atoms with Crippen LogP contribution in [0.15, 0.2) is 113 Å². The van der Waals surface area contributed by atoms with E-state index < -0.39 is 0 Å². The molecule has 6 aromatic rings. The van der Waals surface area contributed by atoms with Gasteiger partial charge in [-0.2, -0.15) is 0 Å². The van der Waals surface area contributed by atoms with Crippen molar-refractivity contribution >= 4 is 76.8 Å². The van der Waals surface area contributed by atoms with E-state index in [-0.39, 0.29) is 5.97 Å². The van der Waals surface area contributed by atoms with Gasteiger partial charge in [0.05, 0.1) is 11.3 Å². The van der Waals surface area contributed by atoms with Gasteiger partial charge in [-0.3, -0.25) is 0 Å². The van der Waals surface area contributed by atoms with Crippen LogP contribution in [0.3, 0.4) is 0 Å². The Morgan fingerprint density at radius 3 is 2.10 bits per heavy atom. The fourth-order valence-electron chi connectivity index (χ4n) is 6.41. The number of aryl methyl sites for hydroxylation is 1. The van der Waals surface area contributed by atoms with Crippen LogP contribution in [0.1, 0.15) is 88.1 Å². The Hall–Kier alpha value is -4.59. The number of carbonyl (C=O) groups excluding carboxylic acids is 1. The molecular formula is C45H49N3O2S2. The Morgan fingerprint density at radius 1 is 0.692 bits per heavy atom. The summed E-state index contributed by atoms with van der Waals surface area (Å²) in [5, 5.41) is 12.7. The number of benzene rings is 4. The highest BCUT2D eigenvalue weighted by Gasteiger charge is 2.17. The van der Waals surface area contributed by atoms with Gasteiger partial charge in [-0.05, 0) is 79.3 Å². The molecule has 0 aliphatic heterocycles. The molecule has 0 atom stereocenters. The first-order valence-corrected chi connectivity index (χ1v) is 20.5. The second-order valence-electron chi connectivity index (χ2n) is 13.3. The van der Waals surface area contributed by atoms with Gasteiger partial charge in [-0.25, -0.2) is 4.79 Å². The fraction of sp³-hybridized carbons (Fsp3) is 0.311. The van der Waals surface area contributed by atoms with E-state index in [1.165, 1.54) is 68.0 Å². The number of hydrogen-bond acceptors (Lipinski definition) is 7. The minimum Gasteiger partial charge on any atom is -0.423 e. The van der Waals surface area contributed by atoms with Gasteiger partial charge < -0.3 is 9.64 Å². The lowest BCUT2D eigenvalue weighted by Crippen LogP contribution is -2.25. The predicted molar refractivity (Wildman–Crippen MR) is 224 cm³/mol. The molecule has 52 heavy (non-hydrogen) atoms. The normalized spacial score (nSPS) is 11.9. The number of rotatable bonds is 18. The van der Waals surface area contributed by atoms with Gasteiger partial charge in [0, 0.05) is 43.8 Å². The molecule has 0 saturated heterocycles. The zero-order valence-electron chi connectivity index (χ0n) is 30.6. The van der Waals surface area contributed by atoms with Gasteiger partial charge in [0.2, 0.25) is 0 Å². The highest BCUT2D eigenvalue weighted by atomic mass is 32.1. The smallest absolute Gasteiger partial charge is 0.344 e. The number of azo groups is 1. The molecule has 0 aliphatic carbocycles. The number of esters is 1. The van der Waals surface area contributed by atoms with E-state index >= 15 is 0 Å². The Labute approximate surface area is 316 Å². The summed E-state index contributed by atoms with van der Waals surface area (Å²) in [5.41, 5.74) is 4.83. The summed E-state index contributed by atoms with van der Waals surface area (Å²) < 4.78 is 8.06. The molecule has 4 aromatic carbocycles. The standard InChI is InChI=1S/C45H49N3O2S2/c1-4-7-10-12-17-33-22-24-34(25-23-33)39(45(49)50-35-18-13-11-14-19-35)30-36-31-42-43(51-36)32-44(52-42)47-46-40-26-27-41(38-21-16-15-20-37(38)40)48(28-8-5-2)29-9-6-3/h11,13-16,18-27,30-32H,4-10,12,17,28-29H2,1-3H3/b39-30-,47-46?. The second kappa shape index (κ2) is 18.8. The van der Waals surface area contributed by atoms with Crippen molar-refractivity contribution in [1.29, 1.82) is 0 Å². The highest BCUT2D eigenvalue weighted by Crippen LogP contribution is 2.41. The van der Waals surface area contributed by atoms with Crippen LogP contribution in [0, 0.1) is 0 Å². The SMILES string of the molecule is CCCCCCc1ccc(/C(=C/c2cc3sc(N=Nc4ccc(N(CCCC)CCCC)c5ccccc45)cc3s2)C(=O)Oc2ccccc2)cc1. The highest BCUT2D eigenvalue weighted by molar-refractivity contribution is 7.30. The topological polar surface area (TPSA) is 54.3 Å². The van der Waals surface area contributed by atoms with Crippen molar-refractivity contribution in [3.63, 3.8) is 0 Å². The number of hydrogen-bond donors (Lipinski definition) is 0. The van der Waals surface area contributed by atoms with Gasteiger partial charge in [-0.1, -0.05) is 120 Å². The molecule has 0 aliphatic rings. The molecule has 268 valence electrons. The maximum Gasteiger partial charge on any atom is 0.344 e. The Balaban J connectivity index is 1.24. The molecule has 5 nitrogen and oxygen atoms in total. The maximum absolute atomic E-state index is 13.6. The van der Waals surface area contributed by atoms with Crippen LogP contribution in [-0.4, -0.2) is 19.1 Å². The molecule has 0 spiro atoms. The summed E-state index contributed by atoms with van der Waals surface area (Å²) in [4.78, 5) is 17.1. The number of fused-ring (bicyclic) bond motifs is 2. The minimum atomic E-state index is -0.370. The molecule has 0 amide bonds. The van der Waals surface area contributed by atoms with Crippen molar-refractivity contribution in [1.82, 2.24) is 0 Å². The van der Waals surface area contributed by atoms with Gasteiger partial charge in [0.25, 0.3) is 0 Å². The molecule has 2 aromatic heterocycles. The summed E-state index contributed by atoms with van der Waals surface area (Å²) >= 11 is 3.26. The maximum atomic E-state index is 13.6. The molecule has 0 fully saturated rings. The molecule has 2 heterocycles. The van der Waals surface area contributed by atoms with Crippen molar-refractivity contribution in [2.45, 2.75) is 78.6 Å². The van der Waals surface area contributed by atoms with Crippen molar-refractivity contribution in [3.8, 4) is 5.75 Å². The quantitative estimate of drug-likeness (QED) is 0.0291. The van der Waals surface area contributed by atoms with Crippen molar-refractivity contribution in [3.05, 3.63) is 119 Å². The van der Waals surface area contributed by atoms with Crippen LogP contribution in [0.4, 0.5) is 16.4 Å². The third-order valence-electron chi connectivity index (χ3n) is 9.30. The fourth-order valence-corrected chi connectivity index (χ4v) is 8.57. The van der Waals surface area contributed by atoms with E-state index in [4.69, 9.17) is 15.0 Å². The zero-order valence-corrected chi connectivity index (χ0v) is 32.3. The molecule has 0 bridgehead atoms. The third-order valence-corrected chi connectivity index (χ3v) is 11.4. The number of thiophene rings is 2. The first-order chi connectivity index (χ1) is 25.6. The first-order valence-electron chi connectivity index (χ1n) is 18.9. The van der Waals surface area contributed by atoms with Crippen LogP contribution < -0.4 is 9.64 Å². The molecular weight excluding hydrogens is 679 g/mol. The van der Waals surface area contributed by atoms with E-state index in [1.807, 2.05) is 36.4 Å². The molecule has 6 rings (SSSR count). The summed E-state index contributed by atoms with van der Waals surface area (Å²) in [5.74, 6) is 0.158. The summed E-state index contributed by atoms with van der Waals surface area (Å²) in [7, 11) is 0. The Bertz CT molecular complexity index is 2070. The molecule has 7 heteroatoms. The van der Waals surface area contributed by atoms with Gasteiger partial charge in [0.1, 0.15) is 10.8 Å². The molecule has 0 N–H and O–H groups in total. The number of carbonyl (C=O) groups is 1. The van der Waals surface area contributed by atoms with Gasteiger partial charge in [-0.15, -0.1) is 32.9 Å². The lowest BCUT2D eigenvalue weighted by atomic mass is 10.0. The molecule has 0 saturated carbocycles. The summed E-state index contributed by atoms with van der Waals surface area (Å²) in [6, 6.07) is 34.7. The van der Waals surface area contributed by atoms with Crippen LogP contribution in [0.5, 0.6) is 5.75 Å². The number of para-hydroxylation sites is 1. The number of unbranched alkanes of at least 4 members (excludes halogenated alkanes) is 5. The lowest BCUT2D eigenvalue weighted by molar-refractivity contribution is -0.127. The van der Waals surface area contributed by atoms with Crippen LogP contribution in [-0.2, 0) is 11.2 Å². The zero-order chi connectivity index (χ0) is 36.1. The Morgan fingerprint density at radius 2 is 1.38 bits per heavy atom. The van der Waals surface area contributed by atoms with E-state index in [0.29, 0.717) is 11.3 Å². The van der Waals surface area contributed by atoms with Crippen molar-refractivity contribution < 1.29 is 9.53 Å². The van der Waals surface area contributed by atoms with Crippen molar-refractivity contribution in [2.75, 3.05) is 18.0 Å². The van der Waals surface area contributed by atoms with Crippen LogP contribution in [0.2, 0.25) is 0 Å². The average Bonchev–Trinajstić information content (AvgIpc) is 3.74. The van der Waals surface area contributed by atoms with Crippen molar-refractivity contribution in [2.24, 2.45) is 10.2 Å².